The first-order valence-corrected chi connectivity index (χ1v) is 8.46. The molecule has 0 N–H and O–H groups in total. The molecule has 1 unspecified atom stereocenters. The van der Waals surface area contributed by atoms with Gasteiger partial charge in [-0.15, -0.1) is 0 Å². The van der Waals surface area contributed by atoms with E-state index in [4.69, 9.17) is 0 Å². The third-order valence-corrected chi connectivity index (χ3v) is 4.54. The number of fused-ring (bicyclic) bond motifs is 1. The third kappa shape index (κ3) is 2.70. The molecule has 1 aliphatic heterocycles. The molecule has 0 bridgehead atoms. The predicted octanol–water partition coefficient (Wildman–Crippen LogP) is 3.73. The maximum Gasteiger partial charge on any atom is 0.237 e. The van der Waals surface area contributed by atoms with Gasteiger partial charge in [-0.25, -0.2) is 4.39 Å². The van der Waals surface area contributed by atoms with Crippen LogP contribution < -0.4 is 4.90 Å². The van der Waals surface area contributed by atoms with Gasteiger partial charge in [0.05, 0.1) is 16.6 Å². The van der Waals surface area contributed by atoms with Crippen molar-refractivity contribution >= 4 is 33.3 Å². The number of alkyl halides is 1. The first-order chi connectivity index (χ1) is 11.0. The van der Waals surface area contributed by atoms with E-state index in [-0.39, 0.29) is 22.8 Å². The highest BCUT2D eigenvalue weighted by atomic mass is 79.9. The van der Waals surface area contributed by atoms with Crippen LogP contribution in [0.3, 0.4) is 0 Å². The zero-order valence-electron chi connectivity index (χ0n) is 12.6. The summed E-state index contributed by atoms with van der Waals surface area (Å²) < 4.78 is 14.0. The normalized spacial score (nSPS) is 16.3. The Bertz CT molecular complexity index is 790. The van der Waals surface area contributed by atoms with Gasteiger partial charge >= 0.3 is 0 Å². The maximum absolute atomic E-state index is 14.0. The van der Waals surface area contributed by atoms with Crippen molar-refractivity contribution in [1.82, 2.24) is 0 Å². The Balaban J connectivity index is 2.13. The molecule has 118 valence electrons. The van der Waals surface area contributed by atoms with Crippen LogP contribution in [0.1, 0.15) is 28.4 Å². The van der Waals surface area contributed by atoms with Gasteiger partial charge in [-0.2, -0.15) is 0 Å². The van der Waals surface area contributed by atoms with Gasteiger partial charge in [-0.05, 0) is 37.1 Å². The summed E-state index contributed by atoms with van der Waals surface area (Å²) in [6.07, 6.45) is 0.687. The average molecular weight is 376 g/mol. The summed E-state index contributed by atoms with van der Waals surface area (Å²) in [5, 5.41) is 0.180. The second-order valence-electron chi connectivity index (χ2n) is 5.57. The lowest BCUT2D eigenvalue weighted by Gasteiger charge is -2.23. The molecule has 3 rings (SSSR count). The highest BCUT2D eigenvalue weighted by Crippen LogP contribution is 2.37. The van der Waals surface area contributed by atoms with E-state index in [1.165, 1.54) is 12.1 Å². The number of halogens is 2. The molecule has 2 aromatic rings. The minimum atomic E-state index is -0.556. The molecular formula is C18H15BrFNO2. The van der Waals surface area contributed by atoms with Crippen LogP contribution in [0.15, 0.2) is 42.5 Å². The minimum absolute atomic E-state index is 0.0201. The minimum Gasteiger partial charge on any atom is -0.308 e. The van der Waals surface area contributed by atoms with E-state index in [0.29, 0.717) is 17.7 Å². The fourth-order valence-electron chi connectivity index (χ4n) is 3.08. The van der Waals surface area contributed by atoms with Crippen LogP contribution in [0.5, 0.6) is 0 Å². The lowest BCUT2D eigenvalue weighted by Crippen LogP contribution is -2.37. The summed E-state index contributed by atoms with van der Waals surface area (Å²) in [6.45, 7) is 1.94. The van der Waals surface area contributed by atoms with Crippen LogP contribution in [0, 0.1) is 5.82 Å². The largest absolute Gasteiger partial charge is 0.308 e. The van der Waals surface area contributed by atoms with E-state index < -0.39 is 11.6 Å². The molecule has 1 atom stereocenters. The molecule has 5 heteroatoms. The van der Waals surface area contributed by atoms with Crippen LogP contribution >= 0.6 is 15.9 Å². The van der Waals surface area contributed by atoms with Crippen molar-refractivity contribution in [2.75, 3.05) is 10.2 Å². The number of carbonyl (C=O) groups excluding carboxylic acids is 2. The molecular weight excluding hydrogens is 361 g/mol. The van der Waals surface area contributed by atoms with E-state index in [1.807, 2.05) is 13.0 Å². The Labute approximate surface area is 142 Å². The van der Waals surface area contributed by atoms with Crippen LogP contribution in [-0.4, -0.2) is 23.1 Å². The number of para-hydroxylation sites is 1. The topological polar surface area (TPSA) is 37.4 Å². The highest BCUT2D eigenvalue weighted by Gasteiger charge is 2.34. The number of ketones is 1. The Hall–Kier alpha value is -2.01. The van der Waals surface area contributed by atoms with Crippen molar-refractivity contribution in [3.8, 4) is 0 Å². The first kappa shape index (κ1) is 15.9. The Morgan fingerprint density at radius 3 is 2.57 bits per heavy atom. The predicted molar refractivity (Wildman–Crippen MR) is 90.7 cm³/mol. The van der Waals surface area contributed by atoms with Crippen molar-refractivity contribution in [2.45, 2.75) is 19.4 Å². The van der Waals surface area contributed by atoms with E-state index in [9.17, 15) is 14.0 Å². The molecule has 0 fully saturated rings. The molecule has 3 nitrogen and oxygen atoms in total. The average Bonchev–Trinajstić information content (AvgIpc) is 2.89. The van der Waals surface area contributed by atoms with Crippen molar-refractivity contribution in [3.63, 3.8) is 0 Å². The molecule has 0 spiro atoms. The second kappa shape index (κ2) is 6.24. The number of nitrogens with zero attached hydrogens (tertiary/aromatic N) is 1. The molecule has 0 radical (unpaired) electrons. The summed E-state index contributed by atoms with van der Waals surface area (Å²) in [7, 11) is 0. The Morgan fingerprint density at radius 2 is 1.87 bits per heavy atom. The first-order valence-electron chi connectivity index (χ1n) is 7.33. The SMILES string of the molecule is CC1Cc2cccc(C(=O)c3ccccc3F)c2N1C(=O)CBr. The van der Waals surface area contributed by atoms with Gasteiger partial charge in [0.1, 0.15) is 5.82 Å². The summed E-state index contributed by atoms with van der Waals surface area (Å²) in [5.74, 6) is -1.06. The Kier molecular flexibility index (Phi) is 4.31. The molecule has 1 amide bonds. The zero-order valence-corrected chi connectivity index (χ0v) is 14.1. The van der Waals surface area contributed by atoms with E-state index >= 15 is 0 Å². The number of hydrogen-bond donors (Lipinski definition) is 0. The van der Waals surface area contributed by atoms with Crippen molar-refractivity contribution in [3.05, 3.63) is 65.0 Å². The molecule has 0 saturated heterocycles. The molecule has 0 aliphatic carbocycles. The van der Waals surface area contributed by atoms with Crippen molar-refractivity contribution in [2.24, 2.45) is 0 Å². The fourth-order valence-corrected chi connectivity index (χ4v) is 3.35. The molecule has 0 saturated carbocycles. The van der Waals surface area contributed by atoms with Crippen molar-refractivity contribution in [1.29, 1.82) is 0 Å². The molecule has 1 aliphatic rings. The van der Waals surface area contributed by atoms with Crippen LogP contribution in [-0.2, 0) is 11.2 Å². The third-order valence-electron chi connectivity index (χ3n) is 4.06. The number of rotatable bonds is 3. The number of benzene rings is 2. The van der Waals surface area contributed by atoms with Gasteiger partial charge in [0.25, 0.3) is 0 Å². The van der Waals surface area contributed by atoms with E-state index in [0.717, 1.165) is 5.56 Å². The maximum atomic E-state index is 14.0. The van der Waals surface area contributed by atoms with Gasteiger partial charge in [0.2, 0.25) is 5.91 Å². The lowest BCUT2D eigenvalue weighted by atomic mass is 9.98. The number of carbonyl (C=O) groups is 2. The standard InChI is InChI=1S/C18H15BrFNO2/c1-11-9-12-5-4-7-14(17(12)21(11)16(22)10-19)18(23)13-6-2-3-8-15(13)20/h2-8,11H,9-10H2,1H3. The summed E-state index contributed by atoms with van der Waals surface area (Å²) >= 11 is 3.19. The van der Waals surface area contributed by atoms with Crippen LogP contribution in [0.25, 0.3) is 0 Å². The molecule has 1 heterocycles. The van der Waals surface area contributed by atoms with Gasteiger partial charge in [-0.3, -0.25) is 9.59 Å². The lowest BCUT2D eigenvalue weighted by molar-refractivity contribution is -0.116. The van der Waals surface area contributed by atoms with E-state index in [2.05, 4.69) is 15.9 Å². The number of anilines is 1. The van der Waals surface area contributed by atoms with Gasteiger partial charge < -0.3 is 4.90 Å². The molecule has 2 aromatic carbocycles. The Morgan fingerprint density at radius 1 is 1.17 bits per heavy atom. The summed E-state index contributed by atoms with van der Waals surface area (Å²) in [4.78, 5) is 26.7. The highest BCUT2D eigenvalue weighted by molar-refractivity contribution is 9.09. The van der Waals surface area contributed by atoms with Gasteiger partial charge in [0.15, 0.2) is 5.78 Å². The van der Waals surface area contributed by atoms with Crippen LogP contribution in [0.2, 0.25) is 0 Å². The van der Waals surface area contributed by atoms with Crippen LogP contribution in [0.4, 0.5) is 10.1 Å². The van der Waals surface area contributed by atoms with Crippen molar-refractivity contribution < 1.29 is 14.0 Å². The smallest absolute Gasteiger partial charge is 0.237 e. The fraction of sp³-hybridized carbons (Fsp3) is 0.222. The number of amides is 1. The quantitative estimate of drug-likeness (QED) is 0.605. The summed E-state index contributed by atoms with van der Waals surface area (Å²) in [5.41, 5.74) is 1.93. The number of hydrogen-bond acceptors (Lipinski definition) is 2. The molecule has 23 heavy (non-hydrogen) atoms. The monoisotopic (exact) mass is 375 g/mol. The molecule has 0 aromatic heterocycles. The second-order valence-corrected chi connectivity index (χ2v) is 6.13. The zero-order chi connectivity index (χ0) is 16.6. The van der Waals surface area contributed by atoms with Gasteiger partial charge in [-0.1, -0.05) is 40.2 Å². The van der Waals surface area contributed by atoms with E-state index in [1.54, 1.807) is 29.2 Å². The van der Waals surface area contributed by atoms with Gasteiger partial charge in [0, 0.05) is 11.6 Å². The summed E-state index contributed by atoms with van der Waals surface area (Å²) in [6, 6.07) is 11.2.